The van der Waals surface area contributed by atoms with Crippen molar-refractivity contribution >= 4 is 22.5 Å². The second kappa shape index (κ2) is 4.74. The quantitative estimate of drug-likeness (QED) is 0.519. The molecule has 14 heavy (non-hydrogen) atoms. The predicted molar refractivity (Wildman–Crippen MR) is 51.3 cm³/mol. The molecule has 2 aromatic rings. The monoisotopic (exact) mass is 236 g/mol. The smallest absolute Gasteiger partial charge is 1.00 e. The van der Waals surface area contributed by atoms with Crippen LogP contribution in [0.2, 0.25) is 5.02 Å². The van der Waals surface area contributed by atoms with Crippen molar-refractivity contribution in [1.29, 1.82) is 0 Å². The normalized spacial score (nSPS) is 9.79. The first-order valence-electron chi connectivity index (χ1n) is 3.59. The predicted octanol–water partition coefficient (Wildman–Crippen LogP) is -2.01. The van der Waals surface area contributed by atoms with E-state index >= 15 is 0 Å². The van der Waals surface area contributed by atoms with Gasteiger partial charge in [0.1, 0.15) is 0 Å². The molecule has 0 bridgehead atoms. The van der Waals surface area contributed by atoms with Gasteiger partial charge in [0.2, 0.25) is 0 Å². The molecule has 68 valence electrons. The summed E-state index contributed by atoms with van der Waals surface area (Å²) in [4.78, 5) is 26.7. The Balaban J connectivity index is 0.000000980. The van der Waals surface area contributed by atoms with E-state index in [0.29, 0.717) is 15.9 Å². The van der Waals surface area contributed by atoms with Crippen molar-refractivity contribution in [2.45, 2.75) is 0 Å². The van der Waals surface area contributed by atoms with Crippen molar-refractivity contribution in [2.75, 3.05) is 0 Å². The summed E-state index contributed by atoms with van der Waals surface area (Å²) in [5.41, 5.74) is -0.551. The van der Waals surface area contributed by atoms with E-state index in [0.717, 1.165) is 0 Å². The van der Waals surface area contributed by atoms with Crippen molar-refractivity contribution in [3.05, 3.63) is 44.1 Å². The van der Waals surface area contributed by atoms with E-state index in [4.69, 9.17) is 11.6 Å². The maximum absolute atomic E-state index is 11.3. The number of benzene rings is 1. The Labute approximate surface area is 128 Å². The molecule has 0 saturated carbocycles. The van der Waals surface area contributed by atoms with Gasteiger partial charge in [0.15, 0.2) is 0 Å². The number of nitrogens with one attached hydrogen (secondary N) is 2. The van der Waals surface area contributed by atoms with Gasteiger partial charge in [0, 0.05) is 0 Å². The van der Waals surface area contributed by atoms with Gasteiger partial charge in [-0.2, -0.15) is 0 Å². The zero-order valence-electron chi connectivity index (χ0n) is 8.43. The fourth-order valence-electron chi connectivity index (χ4n) is 1.18. The minimum atomic E-state index is -0.528. The van der Waals surface area contributed by atoms with Crippen LogP contribution in [0.3, 0.4) is 0 Å². The van der Waals surface area contributed by atoms with Crippen molar-refractivity contribution in [2.24, 2.45) is 0 Å². The molecule has 0 atom stereocenters. The summed E-state index contributed by atoms with van der Waals surface area (Å²) >= 11 is 5.77. The summed E-state index contributed by atoms with van der Waals surface area (Å²) in [5, 5.41) is 0.638. The maximum atomic E-state index is 11.3. The molecule has 1 heterocycles. The number of hydrogen-bond acceptors (Lipinski definition) is 2. The molecule has 1 aromatic carbocycles. The Morgan fingerprint density at radius 1 is 1.21 bits per heavy atom. The van der Waals surface area contributed by atoms with Gasteiger partial charge in [-0.3, -0.25) is 9.78 Å². The SMILES string of the molecule is O=c1[nH]c(=O)c2c(Cl)cccc2[nH]1.[H-].[K+]. The topological polar surface area (TPSA) is 65.7 Å². The number of aromatic nitrogens is 2. The molecule has 0 amide bonds. The fraction of sp³-hybridized carbons (Fsp3) is 0. The number of halogens is 1. The van der Waals surface area contributed by atoms with Gasteiger partial charge in [0.05, 0.1) is 15.9 Å². The molecule has 6 heteroatoms. The molecule has 4 nitrogen and oxygen atoms in total. The zero-order chi connectivity index (χ0) is 9.42. The first kappa shape index (κ1) is 12.2. The third kappa shape index (κ3) is 2.18. The molecule has 0 spiro atoms. The van der Waals surface area contributed by atoms with Crippen LogP contribution in [-0.4, -0.2) is 9.97 Å². The van der Waals surface area contributed by atoms with Crippen LogP contribution in [0, 0.1) is 0 Å². The van der Waals surface area contributed by atoms with Crippen LogP contribution >= 0.6 is 11.6 Å². The first-order valence-corrected chi connectivity index (χ1v) is 3.97. The van der Waals surface area contributed by atoms with Crippen molar-refractivity contribution < 1.29 is 52.8 Å². The van der Waals surface area contributed by atoms with E-state index in [9.17, 15) is 9.59 Å². The van der Waals surface area contributed by atoms with E-state index in [-0.39, 0.29) is 52.8 Å². The summed E-state index contributed by atoms with van der Waals surface area (Å²) < 4.78 is 0. The van der Waals surface area contributed by atoms with E-state index in [1.54, 1.807) is 18.2 Å². The molecular weight excluding hydrogens is 231 g/mol. The molecule has 0 aliphatic heterocycles. The van der Waals surface area contributed by atoms with Gasteiger partial charge >= 0.3 is 57.1 Å². The average molecular weight is 237 g/mol. The molecule has 0 fully saturated rings. The zero-order valence-corrected chi connectivity index (χ0v) is 11.3. The van der Waals surface area contributed by atoms with Crippen LogP contribution in [0.4, 0.5) is 0 Å². The Morgan fingerprint density at radius 2 is 1.93 bits per heavy atom. The Bertz CT molecular complexity index is 581. The summed E-state index contributed by atoms with van der Waals surface area (Å²) in [5.74, 6) is 0. The molecular formula is C8H6ClKN2O2. The average Bonchev–Trinajstić information content (AvgIpc) is 2.02. The molecule has 0 unspecified atom stereocenters. The van der Waals surface area contributed by atoms with Crippen LogP contribution in [0.5, 0.6) is 0 Å². The van der Waals surface area contributed by atoms with Crippen LogP contribution in [0.25, 0.3) is 10.9 Å². The van der Waals surface area contributed by atoms with Crippen molar-refractivity contribution in [3.8, 4) is 0 Å². The van der Waals surface area contributed by atoms with Crippen molar-refractivity contribution in [1.82, 2.24) is 9.97 Å². The largest absolute Gasteiger partial charge is 1.00 e. The maximum Gasteiger partial charge on any atom is 1.00 e. The van der Waals surface area contributed by atoms with Crippen LogP contribution in [0.15, 0.2) is 27.8 Å². The third-order valence-corrected chi connectivity index (χ3v) is 2.03. The second-order valence-electron chi connectivity index (χ2n) is 2.57. The van der Waals surface area contributed by atoms with Gasteiger partial charge < -0.3 is 6.41 Å². The van der Waals surface area contributed by atoms with Crippen LogP contribution in [0.1, 0.15) is 1.43 Å². The third-order valence-electron chi connectivity index (χ3n) is 1.72. The summed E-state index contributed by atoms with van der Waals surface area (Å²) in [7, 11) is 0. The first-order chi connectivity index (χ1) is 6.18. The molecule has 0 saturated heterocycles. The molecule has 0 aliphatic rings. The number of H-pyrrole nitrogens is 2. The molecule has 0 radical (unpaired) electrons. The summed E-state index contributed by atoms with van der Waals surface area (Å²) in [6, 6.07) is 4.88. The van der Waals surface area contributed by atoms with Crippen molar-refractivity contribution in [3.63, 3.8) is 0 Å². The van der Waals surface area contributed by atoms with E-state index in [1.165, 1.54) is 0 Å². The van der Waals surface area contributed by atoms with Gasteiger partial charge in [0.25, 0.3) is 5.56 Å². The van der Waals surface area contributed by atoms with Crippen LogP contribution in [-0.2, 0) is 0 Å². The minimum Gasteiger partial charge on any atom is -1.00 e. The number of fused-ring (bicyclic) bond motifs is 1. The van der Waals surface area contributed by atoms with Gasteiger partial charge in [-0.25, -0.2) is 4.79 Å². The Morgan fingerprint density at radius 3 is 2.64 bits per heavy atom. The molecule has 2 rings (SSSR count). The minimum absolute atomic E-state index is 0. The van der Waals surface area contributed by atoms with Gasteiger partial charge in [-0.15, -0.1) is 0 Å². The van der Waals surface area contributed by atoms with E-state index in [2.05, 4.69) is 9.97 Å². The van der Waals surface area contributed by atoms with E-state index < -0.39 is 11.2 Å². The summed E-state index contributed by atoms with van der Waals surface area (Å²) in [6.07, 6.45) is 0. The van der Waals surface area contributed by atoms with Gasteiger partial charge in [-0.05, 0) is 12.1 Å². The fourth-order valence-corrected chi connectivity index (χ4v) is 1.44. The van der Waals surface area contributed by atoms with Crippen LogP contribution < -0.4 is 62.6 Å². The van der Waals surface area contributed by atoms with Gasteiger partial charge in [-0.1, -0.05) is 17.7 Å². The summed E-state index contributed by atoms with van der Waals surface area (Å²) in [6.45, 7) is 0. The number of aromatic amines is 2. The Hall–Kier alpha value is 0.0864. The van der Waals surface area contributed by atoms with E-state index in [1.807, 2.05) is 0 Å². The second-order valence-corrected chi connectivity index (χ2v) is 2.98. The molecule has 2 N–H and O–H groups in total. The standard InChI is InChI=1S/C8H5ClN2O2.K.H/c9-4-2-1-3-5-6(4)7(12)11-8(13)10-5;;/h1-3H,(H2,10,11,12,13);;/q;+1;-1. The number of rotatable bonds is 0. The molecule has 0 aliphatic carbocycles. The molecule has 1 aromatic heterocycles. The number of hydrogen-bond donors (Lipinski definition) is 2. The Kier molecular flexibility index (Phi) is 4.11.